The summed E-state index contributed by atoms with van der Waals surface area (Å²) in [7, 11) is 5.33. The quantitative estimate of drug-likeness (QED) is 0.305. The minimum Gasteiger partial charge on any atom is -0.468 e. The highest BCUT2D eigenvalue weighted by Crippen LogP contribution is 2.28. The highest BCUT2D eigenvalue weighted by atomic mass is 16.5. The Bertz CT molecular complexity index is 1300. The minimum atomic E-state index is -1.53. The number of benzene rings is 2. The van der Waals surface area contributed by atoms with Crippen LogP contribution in [0.5, 0.6) is 6.01 Å². The number of rotatable bonds is 9. The van der Waals surface area contributed by atoms with Gasteiger partial charge in [-0.2, -0.15) is 19.9 Å². The number of nitrogens with one attached hydrogen (secondary N) is 1. The van der Waals surface area contributed by atoms with E-state index in [0.29, 0.717) is 42.5 Å². The lowest BCUT2D eigenvalue weighted by Crippen LogP contribution is -2.30. The molecule has 3 N–H and O–H groups in total. The molecule has 0 aliphatic carbocycles. The van der Waals surface area contributed by atoms with Gasteiger partial charge in [-0.3, -0.25) is 0 Å². The lowest BCUT2D eigenvalue weighted by atomic mass is 9.80. The summed E-state index contributed by atoms with van der Waals surface area (Å²) in [6.07, 6.45) is 0. The van der Waals surface area contributed by atoms with Gasteiger partial charge in [0.25, 0.3) is 0 Å². The number of hydrogen-bond donors (Lipinski definition) is 3. The summed E-state index contributed by atoms with van der Waals surface area (Å²) >= 11 is 0. The Kier molecular flexibility index (Phi) is 6.91. The zero-order valence-electron chi connectivity index (χ0n) is 19.4. The van der Waals surface area contributed by atoms with Gasteiger partial charge in [0.05, 0.1) is 24.8 Å². The molecule has 2 aromatic carbocycles. The predicted octanol–water partition coefficient (Wildman–Crippen LogP) is 0.723. The maximum Gasteiger partial charge on any atom is 0.488 e. The standard InChI is InChI=1S/C22H26BN7O4/c1-29(2)20-26-19(24-12-14-7-5-9-16(11-14)23(31)32)27-21(28-20)30-17-10-6-8-15(13-33-3)18(17)25-22(30)34-4/h5-11,31-32H,12-13H2,1-4H3,(H,24,26,27,28). The number of imidazole rings is 1. The first kappa shape index (κ1) is 23.4. The highest BCUT2D eigenvalue weighted by Gasteiger charge is 2.20. The van der Waals surface area contributed by atoms with Crippen LogP contribution >= 0.6 is 0 Å². The molecule has 4 aromatic rings. The van der Waals surface area contributed by atoms with Gasteiger partial charge in [0.1, 0.15) is 0 Å². The van der Waals surface area contributed by atoms with Gasteiger partial charge in [0.15, 0.2) is 0 Å². The second-order valence-electron chi connectivity index (χ2n) is 7.78. The topological polar surface area (TPSA) is 131 Å². The third-order valence-electron chi connectivity index (χ3n) is 5.13. The van der Waals surface area contributed by atoms with Crippen molar-refractivity contribution < 1.29 is 19.5 Å². The molecular weight excluding hydrogens is 437 g/mol. The molecule has 2 heterocycles. The van der Waals surface area contributed by atoms with Crippen LogP contribution in [0, 0.1) is 0 Å². The van der Waals surface area contributed by atoms with Crippen LogP contribution in [-0.4, -0.2) is 70.0 Å². The molecule has 0 aliphatic rings. The zero-order valence-corrected chi connectivity index (χ0v) is 19.4. The molecule has 0 spiro atoms. The van der Waals surface area contributed by atoms with Crippen molar-refractivity contribution >= 4 is 35.5 Å². The molecule has 0 aliphatic heterocycles. The van der Waals surface area contributed by atoms with E-state index in [1.54, 1.807) is 41.9 Å². The number of nitrogens with zero attached hydrogens (tertiary/aromatic N) is 6. The summed E-state index contributed by atoms with van der Waals surface area (Å²) in [5.41, 5.74) is 3.68. The van der Waals surface area contributed by atoms with Crippen molar-refractivity contribution in [2.45, 2.75) is 13.2 Å². The first-order valence-electron chi connectivity index (χ1n) is 10.6. The molecule has 0 atom stereocenters. The Hall–Kier alpha value is -3.74. The Labute approximate surface area is 197 Å². The van der Waals surface area contributed by atoms with Crippen molar-refractivity contribution in [3.63, 3.8) is 0 Å². The Balaban J connectivity index is 1.75. The fourth-order valence-electron chi connectivity index (χ4n) is 3.52. The van der Waals surface area contributed by atoms with Crippen LogP contribution in [0.2, 0.25) is 0 Å². The maximum atomic E-state index is 9.43. The number of anilines is 2. The van der Waals surface area contributed by atoms with Crippen LogP contribution in [0.3, 0.4) is 0 Å². The second kappa shape index (κ2) is 10.0. The predicted molar refractivity (Wildman–Crippen MR) is 130 cm³/mol. The van der Waals surface area contributed by atoms with E-state index in [1.165, 1.54) is 0 Å². The van der Waals surface area contributed by atoms with E-state index in [4.69, 9.17) is 9.47 Å². The Morgan fingerprint density at radius 2 is 1.82 bits per heavy atom. The number of hydrogen-bond acceptors (Lipinski definition) is 10. The molecule has 0 bridgehead atoms. The molecule has 0 unspecified atom stereocenters. The van der Waals surface area contributed by atoms with Gasteiger partial charge in [0, 0.05) is 33.3 Å². The molecule has 2 aromatic heterocycles. The van der Waals surface area contributed by atoms with E-state index in [9.17, 15) is 10.0 Å². The Morgan fingerprint density at radius 1 is 1.03 bits per heavy atom. The maximum absolute atomic E-state index is 9.43. The fourth-order valence-corrected chi connectivity index (χ4v) is 3.52. The SMILES string of the molecule is COCc1cccc2c1nc(OC)n2-c1nc(NCc2cccc(B(O)O)c2)nc(N(C)C)n1. The molecule has 0 amide bonds. The van der Waals surface area contributed by atoms with Crippen molar-refractivity contribution in [3.8, 4) is 12.0 Å². The van der Waals surface area contributed by atoms with Gasteiger partial charge < -0.3 is 29.7 Å². The first-order valence-corrected chi connectivity index (χ1v) is 10.6. The van der Waals surface area contributed by atoms with Gasteiger partial charge in [0.2, 0.25) is 17.8 Å². The molecule has 0 saturated carbocycles. The van der Waals surface area contributed by atoms with Gasteiger partial charge in [-0.1, -0.05) is 36.4 Å². The summed E-state index contributed by atoms with van der Waals surface area (Å²) in [6, 6.07) is 13.1. The fraction of sp³-hybridized carbons (Fsp3) is 0.273. The largest absolute Gasteiger partial charge is 0.488 e. The van der Waals surface area contributed by atoms with Crippen molar-refractivity contribution in [2.75, 3.05) is 38.5 Å². The third kappa shape index (κ3) is 4.79. The lowest BCUT2D eigenvalue weighted by molar-refractivity contribution is 0.186. The molecule has 0 radical (unpaired) electrons. The summed E-state index contributed by atoms with van der Waals surface area (Å²) in [6.45, 7) is 0.781. The second-order valence-corrected chi connectivity index (χ2v) is 7.78. The van der Waals surface area contributed by atoms with Crippen LogP contribution in [0.15, 0.2) is 42.5 Å². The molecule has 34 heavy (non-hydrogen) atoms. The molecular formula is C22H26BN7O4. The van der Waals surface area contributed by atoms with Crippen LogP contribution in [0.4, 0.5) is 11.9 Å². The summed E-state index contributed by atoms with van der Waals surface area (Å²) < 4.78 is 12.6. The van der Waals surface area contributed by atoms with E-state index in [-0.39, 0.29) is 0 Å². The number of para-hydroxylation sites is 1. The molecule has 0 saturated heterocycles. The highest BCUT2D eigenvalue weighted by molar-refractivity contribution is 6.58. The average molecular weight is 463 g/mol. The summed E-state index contributed by atoms with van der Waals surface area (Å²) in [5, 5.41) is 22.1. The van der Waals surface area contributed by atoms with Crippen LogP contribution in [-0.2, 0) is 17.9 Å². The average Bonchev–Trinajstić information content (AvgIpc) is 3.22. The molecule has 12 heteroatoms. The van der Waals surface area contributed by atoms with Gasteiger partial charge in [-0.15, -0.1) is 0 Å². The molecule has 176 valence electrons. The number of ether oxygens (including phenoxy) is 2. The van der Waals surface area contributed by atoms with E-state index < -0.39 is 7.12 Å². The Morgan fingerprint density at radius 3 is 2.53 bits per heavy atom. The van der Waals surface area contributed by atoms with Crippen molar-refractivity contribution in [2.24, 2.45) is 0 Å². The lowest BCUT2D eigenvalue weighted by Gasteiger charge is -2.15. The van der Waals surface area contributed by atoms with E-state index in [0.717, 1.165) is 22.2 Å². The molecule has 4 rings (SSSR count). The van der Waals surface area contributed by atoms with Crippen molar-refractivity contribution in [3.05, 3.63) is 53.6 Å². The minimum absolute atomic E-state index is 0.338. The first-order chi connectivity index (χ1) is 16.4. The number of aromatic nitrogens is 5. The van der Waals surface area contributed by atoms with Crippen LogP contribution < -0.4 is 20.4 Å². The van der Waals surface area contributed by atoms with E-state index >= 15 is 0 Å². The van der Waals surface area contributed by atoms with Crippen molar-refractivity contribution in [1.82, 2.24) is 24.5 Å². The van der Waals surface area contributed by atoms with Gasteiger partial charge in [-0.05, 0) is 17.1 Å². The normalized spacial score (nSPS) is 11.0. The number of fused-ring (bicyclic) bond motifs is 1. The van der Waals surface area contributed by atoms with Crippen LogP contribution in [0.1, 0.15) is 11.1 Å². The van der Waals surface area contributed by atoms with Crippen LogP contribution in [0.25, 0.3) is 17.0 Å². The van der Waals surface area contributed by atoms with E-state index in [2.05, 4.69) is 25.3 Å². The number of methoxy groups -OCH3 is 2. The van der Waals surface area contributed by atoms with Gasteiger partial charge >= 0.3 is 13.1 Å². The molecule has 0 fully saturated rings. The third-order valence-corrected chi connectivity index (χ3v) is 5.13. The van der Waals surface area contributed by atoms with E-state index in [1.807, 2.05) is 38.4 Å². The molecule has 11 nitrogen and oxygen atoms in total. The van der Waals surface area contributed by atoms with Crippen molar-refractivity contribution in [1.29, 1.82) is 0 Å². The summed E-state index contributed by atoms with van der Waals surface area (Å²) in [5.74, 6) is 1.14. The monoisotopic (exact) mass is 463 g/mol. The zero-order chi connectivity index (χ0) is 24.2. The van der Waals surface area contributed by atoms with Gasteiger partial charge in [-0.25, -0.2) is 4.57 Å². The smallest absolute Gasteiger partial charge is 0.468 e. The summed E-state index contributed by atoms with van der Waals surface area (Å²) in [4.78, 5) is 20.1.